The maximum atomic E-state index is 10.4. The molecule has 0 bridgehead atoms. The summed E-state index contributed by atoms with van der Waals surface area (Å²) < 4.78 is 0. The van der Waals surface area contributed by atoms with Crippen molar-refractivity contribution in [3.8, 4) is 17.6 Å². The van der Waals surface area contributed by atoms with Crippen molar-refractivity contribution in [1.82, 2.24) is 0 Å². The van der Waals surface area contributed by atoms with Crippen molar-refractivity contribution in [2.45, 2.75) is 0 Å². The lowest BCUT2D eigenvalue weighted by Gasteiger charge is -2.00. The average Bonchev–Trinajstić information content (AvgIpc) is 2.19. The average molecular weight is 206 g/mol. The molecule has 0 atom stereocenters. The van der Waals surface area contributed by atoms with Crippen LogP contribution in [-0.4, -0.2) is 15.1 Å². The Morgan fingerprint density at radius 2 is 2.13 bits per heavy atom. The van der Waals surface area contributed by atoms with Crippen molar-refractivity contribution in [1.29, 1.82) is 5.26 Å². The van der Waals surface area contributed by atoms with E-state index in [2.05, 4.69) is 0 Å². The summed E-state index contributed by atoms with van der Waals surface area (Å²) in [6.45, 7) is 0. The Kier molecular flexibility index (Phi) is 2.88. The second kappa shape index (κ2) is 4.11. The normalized spacial score (nSPS) is 10.1. The van der Waals surface area contributed by atoms with E-state index in [1.165, 1.54) is 6.08 Å². The zero-order valence-corrected chi connectivity index (χ0v) is 7.41. The maximum absolute atomic E-state index is 10.4. The first-order chi connectivity index (χ1) is 7.06. The van der Waals surface area contributed by atoms with Gasteiger partial charge in [0.25, 0.3) is 0 Å². The first-order valence-corrected chi connectivity index (χ1v) is 3.82. The number of nitrogens with zero attached hydrogens (tertiary/aromatic N) is 2. The molecule has 0 spiro atoms. The van der Waals surface area contributed by atoms with Crippen LogP contribution in [-0.2, 0) is 0 Å². The highest BCUT2D eigenvalue weighted by Crippen LogP contribution is 2.36. The highest BCUT2D eigenvalue weighted by atomic mass is 16.6. The van der Waals surface area contributed by atoms with Crippen molar-refractivity contribution in [2.75, 3.05) is 0 Å². The monoisotopic (exact) mass is 206 g/mol. The third-order valence-electron chi connectivity index (χ3n) is 1.64. The van der Waals surface area contributed by atoms with Gasteiger partial charge in [0, 0.05) is 12.1 Å². The van der Waals surface area contributed by atoms with E-state index in [-0.39, 0.29) is 5.56 Å². The van der Waals surface area contributed by atoms with Crippen molar-refractivity contribution in [2.24, 2.45) is 0 Å². The van der Waals surface area contributed by atoms with Crippen molar-refractivity contribution < 1.29 is 15.1 Å². The van der Waals surface area contributed by atoms with Gasteiger partial charge in [0.1, 0.15) is 0 Å². The molecule has 0 amide bonds. The lowest BCUT2D eigenvalue weighted by Crippen LogP contribution is -1.89. The molecule has 2 N–H and O–H groups in total. The molecule has 0 radical (unpaired) electrons. The molecule has 0 saturated carbocycles. The molecule has 15 heavy (non-hydrogen) atoms. The third-order valence-corrected chi connectivity index (χ3v) is 1.64. The Balaban J connectivity index is 3.31. The van der Waals surface area contributed by atoms with Gasteiger partial charge < -0.3 is 10.2 Å². The van der Waals surface area contributed by atoms with E-state index in [4.69, 9.17) is 15.5 Å². The van der Waals surface area contributed by atoms with Gasteiger partial charge in [0.05, 0.1) is 11.0 Å². The van der Waals surface area contributed by atoms with E-state index in [1.807, 2.05) is 0 Å². The molecular formula is C9H6N2O4. The standard InChI is InChI=1S/C9H6N2O4/c10-3-1-2-6-4-7(11(14)15)9(13)8(12)5-6/h1-2,4-5,12-13H/b2-1+. The molecular weight excluding hydrogens is 200 g/mol. The molecule has 0 fully saturated rings. The number of phenolic OH excluding ortho intramolecular Hbond substituents is 2. The molecule has 0 aliphatic heterocycles. The zero-order valence-electron chi connectivity index (χ0n) is 7.41. The molecule has 0 aliphatic carbocycles. The van der Waals surface area contributed by atoms with E-state index >= 15 is 0 Å². The van der Waals surface area contributed by atoms with Gasteiger partial charge in [-0.05, 0) is 17.7 Å². The van der Waals surface area contributed by atoms with E-state index in [0.717, 1.165) is 18.2 Å². The smallest absolute Gasteiger partial charge is 0.315 e. The lowest BCUT2D eigenvalue weighted by atomic mass is 10.1. The van der Waals surface area contributed by atoms with Crippen LogP contribution in [0.3, 0.4) is 0 Å². The first kappa shape index (κ1) is 10.5. The highest BCUT2D eigenvalue weighted by Gasteiger charge is 2.17. The Labute approximate surface area is 84.5 Å². The fraction of sp³-hybridized carbons (Fsp3) is 0. The molecule has 0 heterocycles. The fourth-order valence-corrected chi connectivity index (χ4v) is 0.994. The molecule has 0 aliphatic rings. The zero-order chi connectivity index (χ0) is 11.4. The molecule has 0 saturated heterocycles. The summed E-state index contributed by atoms with van der Waals surface area (Å²) in [5.74, 6) is -1.38. The van der Waals surface area contributed by atoms with Crippen LogP contribution in [0, 0.1) is 21.4 Å². The van der Waals surface area contributed by atoms with Crippen LogP contribution in [0.4, 0.5) is 5.69 Å². The van der Waals surface area contributed by atoms with Crippen LogP contribution >= 0.6 is 0 Å². The maximum Gasteiger partial charge on any atom is 0.315 e. The van der Waals surface area contributed by atoms with Crippen LogP contribution in [0.15, 0.2) is 18.2 Å². The number of phenols is 2. The van der Waals surface area contributed by atoms with Crippen LogP contribution in [0.5, 0.6) is 11.5 Å². The third kappa shape index (κ3) is 2.22. The van der Waals surface area contributed by atoms with Gasteiger partial charge in [-0.2, -0.15) is 5.26 Å². The summed E-state index contributed by atoms with van der Waals surface area (Å²) in [4.78, 5) is 9.62. The minimum atomic E-state index is -0.821. The Morgan fingerprint density at radius 1 is 1.47 bits per heavy atom. The minimum Gasteiger partial charge on any atom is -0.504 e. The summed E-state index contributed by atoms with van der Waals surface area (Å²) in [6.07, 6.45) is 2.39. The van der Waals surface area contributed by atoms with Crippen LogP contribution in [0.25, 0.3) is 6.08 Å². The molecule has 1 rings (SSSR count). The van der Waals surface area contributed by atoms with E-state index in [1.54, 1.807) is 6.07 Å². The number of aromatic hydroxyl groups is 2. The number of nitriles is 1. The van der Waals surface area contributed by atoms with Crippen LogP contribution in [0.2, 0.25) is 0 Å². The van der Waals surface area contributed by atoms with Gasteiger partial charge in [-0.3, -0.25) is 10.1 Å². The summed E-state index contributed by atoms with van der Waals surface area (Å²) >= 11 is 0. The van der Waals surface area contributed by atoms with E-state index in [9.17, 15) is 10.1 Å². The second-order valence-corrected chi connectivity index (χ2v) is 2.63. The minimum absolute atomic E-state index is 0.263. The Bertz CT molecular complexity index is 474. The van der Waals surface area contributed by atoms with Gasteiger partial charge in [0.15, 0.2) is 5.75 Å². The van der Waals surface area contributed by atoms with Gasteiger partial charge in [-0.15, -0.1) is 0 Å². The lowest BCUT2D eigenvalue weighted by molar-refractivity contribution is -0.386. The molecule has 0 aromatic heterocycles. The number of nitro groups is 1. The van der Waals surface area contributed by atoms with Crippen LogP contribution in [0.1, 0.15) is 5.56 Å². The molecule has 0 unspecified atom stereocenters. The molecule has 6 nitrogen and oxygen atoms in total. The number of nitro benzene ring substituents is 1. The number of allylic oxidation sites excluding steroid dienone is 1. The predicted octanol–water partition coefficient (Wildman–Crippen LogP) is 1.54. The first-order valence-electron chi connectivity index (χ1n) is 3.82. The fourth-order valence-electron chi connectivity index (χ4n) is 0.994. The molecule has 1 aromatic carbocycles. The Morgan fingerprint density at radius 3 is 2.67 bits per heavy atom. The molecule has 76 valence electrons. The topological polar surface area (TPSA) is 107 Å². The van der Waals surface area contributed by atoms with E-state index < -0.39 is 22.1 Å². The SMILES string of the molecule is N#C/C=C/c1cc(O)c(O)c([N+](=O)[O-])c1. The number of benzene rings is 1. The molecule has 1 aromatic rings. The second-order valence-electron chi connectivity index (χ2n) is 2.63. The quantitative estimate of drug-likeness (QED) is 0.330. The van der Waals surface area contributed by atoms with Gasteiger partial charge in [-0.25, -0.2) is 0 Å². The van der Waals surface area contributed by atoms with Gasteiger partial charge in [0.2, 0.25) is 5.75 Å². The summed E-state index contributed by atoms with van der Waals surface area (Å²) in [5.41, 5.74) is -0.342. The summed E-state index contributed by atoms with van der Waals surface area (Å²) in [6, 6.07) is 3.88. The number of hydrogen-bond donors (Lipinski definition) is 2. The predicted molar refractivity (Wildman–Crippen MR) is 51.1 cm³/mol. The number of hydrogen-bond acceptors (Lipinski definition) is 5. The van der Waals surface area contributed by atoms with E-state index in [0.29, 0.717) is 0 Å². The molecule has 6 heteroatoms. The largest absolute Gasteiger partial charge is 0.504 e. The van der Waals surface area contributed by atoms with Crippen molar-refractivity contribution in [3.05, 3.63) is 33.9 Å². The van der Waals surface area contributed by atoms with Gasteiger partial charge in [-0.1, -0.05) is 0 Å². The van der Waals surface area contributed by atoms with Gasteiger partial charge >= 0.3 is 5.69 Å². The van der Waals surface area contributed by atoms with Crippen molar-refractivity contribution >= 4 is 11.8 Å². The van der Waals surface area contributed by atoms with Crippen molar-refractivity contribution in [3.63, 3.8) is 0 Å². The van der Waals surface area contributed by atoms with Crippen LogP contribution < -0.4 is 0 Å². The summed E-state index contributed by atoms with van der Waals surface area (Å²) in [7, 11) is 0. The number of rotatable bonds is 2. The summed E-state index contributed by atoms with van der Waals surface area (Å²) in [5, 5.41) is 37.0. The highest BCUT2D eigenvalue weighted by molar-refractivity contribution is 5.64. The Hall–Kier alpha value is -2.55.